The van der Waals surface area contributed by atoms with Gasteiger partial charge in [0.25, 0.3) is 0 Å². The van der Waals surface area contributed by atoms with Gasteiger partial charge in [-0.1, -0.05) is 19.9 Å². The number of aliphatic imine (C=N–C) groups is 1. The summed E-state index contributed by atoms with van der Waals surface area (Å²) in [5.41, 5.74) is 0.955. The number of ether oxygens (including phenoxy) is 2. The van der Waals surface area contributed by atoms with Crippen LogP contribution in [-0.4, -0.2) is 39.9 Å². The summed E-state index contributed by atoms with van der Waals surface area (Å²) in [5, 5.41) is 6.54. The molecule has 1 aromatic rings. The van der Waals surface area contributed by atoms with Crippen LogP contribution in [0.5, 0.6) is 5.75 Å². The second-order valence-corrected chi connectivity index (χ2v) is 5.19. The molecule has 1 rings (SSSR count). The quantitative estimate of drug-likeness (QED) is 0.293. The molecular weight excluding hydrogens is 393 g/mol. The van der Waals surface area contributed by atoms with Crippen molar-refractivity contribution in [1.82, 2.24) is 5.32 Å². The van der Waals surface area contributed by atoms with Gasteiger partial charge in [-0.2, -0.15) is 0 Å². The molecule has 0 aliphatic heterocycles. The molecule has 1 aromatic carbocycles. The van der Waals surface area contributed by atoms with Crippen LogP contribution in [0.1, 0.15) is 20.3 Å². The lowest BCUT2D eigenvalue weighted by molar-refractivity contribution is 0.172. The van der Waals surface area contributed by atoms with Crippen molar-refractivity contribution < 1.29 is 9.47 Å². The maximum absolute atomic E-state index is 5.68. The number of hydrogen-bond donors (Lipinski definition) is 2. The molecular formula is C16H28IN3O2. The van der Waals surface area contributed by atoms with Crippen molar-refractivity contribution in [2.24, 2.45) is 10.9 Å². The number of methoxy groups -OCH3 is 1. The second kappa shape index (κ2) is 12.5. The molecule has 0 saturated carbocycles. The van der Waals surface area contributed by atoms with Crippen LogP contribution in [0.25, 0.3) is 0 Å². The largest absolute Gasteiger partial charge is 0.493 e. The van der Waals surface area contributed by atoms with Crippen LogP contribution in [0.2, 0.25) is 0 Å². The monoisotopic (exact) mass is 421 g/mol. The Labute approximate surface area is 150 Å². The zero-order valence-electron chi connectivity index (χ0n) is 13.9. The van der Waals surface area contributed by atoms with Crippen molar-refractivity contribution in [3.63, 3.8) is 0 Å². The fourth-order valence-corrected chi connectivity index (χ4v) is 1.67. The molecule has 0 unspecified atom stereocenters. The van der Waals surface area contributed by atoms with Gasteiger partial charge in [-0.3, -0.25) is 4.99 Å². The first-order chi connectivity index (χ1) is 10.2. The van der Waals surface area contributed by atoms with E-state index in [1.807, 2.05) is 24.3 Å². The van der Waals surface area contributed by atoms with Crippen molar-refractivity contribution in [3.05, 3.63) is 24.3 Å². The van der Waals surface area contributed by atoms with Gasteiger partial charge in [0.1, 0.15) is 5.75 Å². The summed E-state index contributed by atoms with van der Waals surface area (Å²) in [7, 11) is 3.46. The lowest BCUT2D eigenvalue weighted by Crippen LogP contribution is -2.33. The Morgan fingerprint density at radius 1 is 1.27 bits per heavy atom. The number of halogens is 1. The van der Waals surface area contributed by atoms with Gasteiger partial charge in [0.2, 0.25) is 0 Å². The van der Waals surface area contributed by atoms with E-state index in [2.05, 4.69) is 29.5 Å². The third-order valence-electron chi connectivity index (χ3n) is 2.76. The highest BCUT2D eigenvalue weighted by molar-refractivity contribution is 14.0. The zero-order chi connectivity index (χ0) is 15.5. The van der Waals surface area contributed by atoms with Gasteiger partial charge in [0.05, 0.1) is 6.61 Å². The van der Waals surface area contributed by atoms with Crippen molar-refractivity contribution in [2.75, 3.05) is 39.2 Å². The number of rotatable bonds is 8. The minimum atomic E-state index is 0. The van der Waals surface area contributed by atoms with Crippen LogP contribution < -0.4 is 15.4 Å². The molecule has 5 nitrogen and oxygen atoms in total. The Morgan fingerprint density at radius 3 is 2.68 bits per heavy atom. The van der Waals surface area contributed by atoms with Crippen LogP contribution in [0.4, 0.5) is 5.69 Å². The van der Waals surface area contributed by atoms with Crippen LogP contribution in [0.15, 0.2) is 29.3 Å². The molecule has 0 heterocycles. The molecule has 0 spiro atoms. The van der Waals surface area contributed by atoms with Crippen molar-refractivity contribution in [3.8, 4) is 5.75 Å². The number of benzene rings is 1. The maximum atomic E-state index is 5.68. The van der Waals surface area contributed by atoms with E-state index in [0.29, 0.717) is 19.1 Å². The normalized spacial score (nSPS) is 11.0. The van der Waals surface area contributed by atoms with E-state index in [9.17, 15) is 0 Å². The summed E-state index contributed by atoms with van der Waals surface area (Å²) in [4.78, 5) is 4.21. The lowest BCUT2D eigenvalue weighted by Gasteiger charge is -2.14. The molecule has 0 radical (unpaired) electrons. The molecule has 0 atom stereocenters. The predicted octanol–water partition coefficient (Wildman–Crippen LogP) is 3.36. The highest BCUT2D eigenvalue weighted by Crippen LogP contribution is 2.17. The first-order valence-corrected chi connectivity index (χ1v) is 7.35. The van der Waals surface area contributed by atoms with Crippen molar-refractivity contribution in [1.29, 1.82) is 0 Å². The Balaban J connectivity index is 0.00000441. The van der Waals surface area contributed by atoms with E-state index in [1.54, 1.807) is 14.2 Å². The van der Waals surface area contributed by atoms with Crippen LogP contribution in [-0.2, 0) is 4.74 Å². The fraction of sp³-hybridized carbons (Fsp3) is 0.562. The number of anilines is 1. The Kier molecular flexibility index (Phi) is 11.9. The number of guanidine groups is 1. The molecule has 22 heavy (non-hydrogen) atoms. The Morgan fingerprint density at radius 2 is 2.05 bits per heavy atom. The van der Waals surface area contributed by atoms with Gasteiger partial charge in [-0.05, 0) is 18.1 Å². The average Bonchev–Trinajstić information content (AvgIpc) is 2.48. The Hall–Kier alpha value is -1.02. The molecule has 0 aliphatic carbocycles. The van der Waals surface area contributed by atoms with Crippen molar-refractivity contribution in [2.45, 2.75) is 20.3 Å². The molecule has 126 valence electrons. The molecule has 0 fully saturated rings. The lowest BCUT2D eigenvalue weighted by atomic mass is 10.2. The SMILES string of the molecule is CN=C(NCC(C)C)Nc1cccc(OCCCOC)c1.I. The first kappa shape index (κ1) is 21.0. The molecule has 0 aliphatic rings. The van der Waals surface area contributed by atoms with E-state index >= 15 is 0 Å². The molecule has 0 amide bonds. The van der Waals surface area contributed by atoms with Gasteiger partial charge >= 0.3 is 0 Å². The summed E-state index contributed by atoms with van der Waals surface area (Å²) in [6.07, 6.45) is 0.881. The minimum Gasteiger partial charge on any atom is -0.493 e. The van der Waals surface area contributed by atoms with E-state index in [4.69, 9.17) is 9.47 Å². The highest BCUT2D eigenvalue weighted by Gasteiger charge is 2.02. The smallest absolute Gasteiger partial charge is 0.195 e. The zero-order valence-corrected chi connectivity index (χ0v) is 16.2. The standard InChI is InChI=1S/C16H27N3O2.HI/c1-13(2)12-18-16(17-3)19-14-7-5-8-15(11-14)21-10-6-9-20-4;/h5,7-8,11,13H,6,9-10,12H2,1-4H3,(H2,17,18,19);1H. The van der Waals surface area contributed by atoms with Gasteiger partial charge in [-0.25, -0.2) is 0 Å². The minimum absolute atomic E-state index is 0. The average molecular weight is 421 g/mol. The number of nitrogens with one attached hydrogen (secondary N) is 2. The van der Waals surface area contributed by atoms with E-state index < -0.39 is 0 Å². The second-order valence-electron chi connectivity index (χ2n) is 5.19. The van der Waals surface area contributed by atoms with Crippen LogP contribution >= 0.6 is 24.0 Å². The highest BCUT2D eigenvalue weighted by atomic mass is 127. The Bertz CT molecular complexity index is 439. The molecule has 0 bridgehead atoms. The van der Waals surface area contributed by atoms with Crippen LogP contribution in [0.3, 0.4) is 0 Å². The molecule has 0 saturated heterocycles. The van der Waals surface area contributed by atoms with E-state index in [1.165, 1.54) is 0 Å². The summed E-state index contributed by atoms with van der Waals surface area (Å²) in [6, 6.07) is 7.87. The topological polar surface area (TPSA) is 54.9 Å². The molecule has 0 aromatic heterocycles. The van der Waals surface area contributed by atoms with Gasteiger partial charge in [0.15, 0.2) is 5.96 Å². The van der Waals surface area contributed by atoms with E-state index in [0.717, 1.165) is 30.4 Å². The third kappa shape index (κ3) is 9.09. The number of hydrogen-bond acceptors (Lipinski definition) is 3. The first-order valence-electron chi connectivity index (χ1n) is 7.35. The van der Waals surface area contributed by atoms with Crippen molar-refractivity contribution >= 4 is 35.6 Å². The fourth-order valence-electron chi connectivity index (χ4n) is 1.67. The predicted molar refractivity (Wildman–Crippen MR) is 104 cm³/mol. The third-order valence-corrected chi connectivity index (χ3v) is 2.76. The van der Waals surface area contributed by atoms with E-state index in [-0.39, 0.29) is 24.0 Å². The summed E-state index contributed by atoms with van der Waals surface area (Å²) in [6.45, 7) is 6.57. The maximum Gasteiger partial charge on any atom is 0.195 e. The summed E-state index contributed by atoms with van der Waals surface area (Å²) in [5.74, 6) is 2.18. The summed E-state index contributed by atoms with van der Waals surface area (Å²) >= 11 is 0. The van der Waals surface area contributed by atoms with Gasteiger partial charge in [0, 0.05) is 45.5 Å². The molecule has 6 heteroatoms. The van der Waals surface area contributed by atoms with Gasteiger partial charge < -0.3 is 20.1 Å². The van der Waals surface area contributed by atoms with Gasteiger partial charge in [-0.15, -0.1) is 24.0 Å². The molecule has 2 N–H and O–H groups in total. The number of nitrogens with zero attached hydrogens (tertiary/aromatic N) is 1. The van der Waals surface area contributed by atoms with Crippen LogP contribution in [0, 0.1) is 5.92 Å². The summed E-state index contributed by atoms with van der Waals surface area (Å²) < 4.78 is 10.7.